The van der Waals surface area contributed by atoms with Gasteiger partial charge in [0, 0.05) is 5.02 Å². The number of hydrogen-bond acceptors (Lipinski definition) is 6. The molecule has 1 atom stereocenters. The third-order valence-electron chi connectivity index (χ3n) is 3.84. The quantitative estimate of drug-likeness (QED) is 0.741. The largest absolute Gasteiger partial charge is 0.368 e. The molecule has 6 nitrogen and oxygen atoms in total. The predicted octanol–water partition coefficient (Wildman–Crippen LogP) is 3.41. The summed E-state index contributed by atoms with van der Waals surface area (Å²) in [6, 6.07) is 7.94. The first-order chi connectivity index (χ1) is 10.8. The highest BCUT2D eigenvalue weighted by Gasteiger charge is 2.33. The molecular weight excluding hydrogens is 394 g/mol. The minimum absolute atomic E-state index is 0. The Balaban J connectivity index is 0.00000288. The van der Waals surface area contributed by atoms with Crippen LogP contribution in [0.1, 0.15) is 45.1 Å². The minimum Gasteiger partial charge on any atom is -0.368 e. The van der Waals surface area contributed by atoms with E-state index in [1.54, 1.807) is 0 Å². The van der Waals surface area contributed by atoms with Crippen LogP contribution in [0.4, 0.5) is 0 Å². The summed E-state index contributed by atoms with van der Waals surface area (Å²) in [7, 11) is 0. The number of aliphatic imine (C=N–C) groups is 2. The summed E-state index contributed by atoms with van der Waals surface area (Å²) in [4.78, 5) is 14.0. The van der Waals surface area contributed by atoms with Crippen molar-refractivity contribution in [1.82, 2.24) is 5.06 Å². The van der Waals surface area contributed by atoms with Gasteiger partial charge in [-0.3, -0.25) is 4.84 Å². The third kappa shape index (κ3) is 5.09. The second kappa shape index (κ2) is 8.69. The van der Waals surface area contributed by atoms with Crippen LogP contribution in [-0.4, -0.2) is 29.3 Å². The van der Waals surface area contributed by atoms with E-state index in [-0.39, 0.29) is 28.9 Å². The lowest BCUT2D eigenvalue weighted by molar-refractivity contribution is -0.158. The summed E-state index contributed by atoms with van der Waals surface area (Å²) >= 11 is 5.94. The molecule has 0 saturated heterocycles. The number of guanidine groups is 2. The van der Waals surface area contributed by atoms with Gasteiger partial charge < -0.3 is 11.5 Å². The fraction of sp³-hybridized carbons (Fsp3) is 0.500. The van der Waals surface area contributed by atoms with E-state index in [4.69, 9.17) is 27.9 Å². The first-order valence-corrected chi connectivity index (χ1v) is 8.09. The second-order valence-electron chi connectivity index (χ2n) is 6.01. The Labute approximate surface area is 158 Å². The van der Waals surface area contributed by atoms with Gasteiger partial charge in [0.2, 0.25) is 11.9 Å². The molecule has 8 heteroatoms. The lowest BCUT2D eigenvalue weighted by atomic mass is 9.94. The first kappa shape index (κ1) is 20.7. The lowest BCUT2D eigenvalue weighted by Crippen LogP contribution is -2.53. The molecule has 0 amide bonds. The van der Waals surface area contributed by atoms with Crippen molar-refractivity contribution >= 4 is 40.5 Å². The van der Waals surface area contributed by atoms with Gasteiger partial charge in [-0.05, 0) is 50.3 Å². The SMILES string of the molecule is Br.CCC(CCON1C(N)=NC(N)=NC1(C)C)c1ccc(Cl)cc1. The van der Waals surface area contributed by atoms with E-state index in [2.05, 4.69) is 29.0 Å². The summed E-state index contributed by atoms with van der Waals surface area (Å²) in [5, 5.41) is 2.26. The Morgan fingerprint density at radius 2 is 1.88 bits per heavy atom. The van der Waals surface area contributed by atoms with Crippen LogP contribution in [0.5, 0.6) is 0 Å². The molecule has 0 aromatic heterocycles. The number of halogens is 2. The summed E-state index contributed by atoms with van der Waals surface area (Å²) < 4.78 is 0. The molecule has 0 fully saturated rings. The standard InChI is InChI=1S/C16H24ClN5O.BrH/c1-4-11(12-5-7-13(17)8-6-12)9-10-23-22-15(19)20-14(18)21-16(22,2)3;/h5-8,11H,4,9-10H2,1-3H3,(H4,18,19,20,21);1H. The van der Waals surface area contributed by atoms with Crippen LogP contribution >= 0.6 is 28.6 Å². The lowest BCUT2D eigenvalue weighted by Gasteiger charge is -2.37. The van der Waals surface area contributed by atoms with Gasteiger partial charge in [-0.25, -0.2) is 4.99 Å². The number of hydrogen-bond donors (Lipinski definition) is 2. The Hall–Kier alpha value is -1.31. The van der Waals surface area contributed by atoms with E-state index in [0.29, 0.717) is 12.5 Å². The van der Waals surface area contributed by atoms with Crippen LogP contribution in [0.3, 0.4) is 0 Å². The van der Waals surface area contributed by atoms with Crippen molar-refractivity contribution < 1.29 is 4.84 Å². The Morgan fingerprint density at radius 3 is 2.42 bits per heavy atom. The van der Waals surface area contributed by atoms with Crippen LogP contribution in [-0.2, 0) is 4.84 Å². The van der Waals surface area contributed by atoms with Crippen molar-refractivity contribution in [2.75, 3.05) is 6.61 Å². The highest BCUT2D eigenvalue weighted by atomic mass is 79.9. The van der Waals surface area contributed by atoms with Crippen molar-refractivity contribution in [3.63, 3.8) is 0 Å². The molecule has 4 N–H and O–H groups in total. The number of rotatable bonds is 6. The molecule has 0 bridgehead atoms. The third-order valence-corrected chi connectivity index (χ3v) is 4.10. The number of nitrogens with zero attached hydrogens (tertiary/aromatic N) is 3. The van der Waals surface area contributed by atoms with Crippen LogP contribution in [0.25, 0.3) is 0 Å². The fourth-order valence-electron chi connectivity index (χ4n) is 2.65. The molecule has 0 aliphatic carbocycles. The van der Waals surface area contributed by atoms with E-state index < -0.39 is 5.66 Å². The zero-order chi connectivity index (χ0) is 17.0. The minimum atomic E-state index is -0.669. The number of benzene rings is 1. The molecule has 0 spiro atoms. The molecule has 24 heavy (non-hydrogen) atoms. The van der Waals surface area contributed by atoms with Gasteiger partial charge in [-0.15, -0.1) is 17.0 Å². The molecule has 0 saturated carbocycles. The molecular formula is C16H25BrClN5O. The average Bonchev–Trinajstić information content (AvgIpc) is 2.46. The highest BCUT2D eigenvalue weighted by molar-refractivity contribution is 8.93. The van der Waals surface area contributed by atoms with Gasteiger partial charge in [0.1, 0.15) is 0 Å². The molecule has 1 unspecified atom stereocenters. The van der Waals surface area contributed by atoms with Crippen LogP contribution in [0.2, 0.25) is 5.02 Å². The van der Waals surface area contributed by atoms with Gasteiger partial charge in [-0.1, -0.05) is 30.7 Å². The van der Waals surface area contributed by atoms with E-state index in [1.165, 1.54) is 10.6 Å². The zero-order valence-corrected chi connectivity index (χ0v) is 16.7. The van der Waals surface area contributed by atoms with Crippen LogP contribution in [0.15, 0.2) is 34.3 Å². The molecule has 0 radical (unpaired) electrons. The Morgan fingerprint density at radius 1 is 1.25 bits per heavy atom. The molecule has 1 aromatic rings. The van der Waals surface area contributed by atoms with E-state index in [9.17, 15) is 0 Å². The summed E-state index contributed by atoms with van der Waals surface area (Å²) in [5.74, 6) is 0.786. The van der Waals surface area contributed by atoms with Crippen molar-refractivity contribution in [2.45, 2.75) is 45.2 Å². The van der Waals surface area contributed by atoms with Crippen molar-refractivity contribution in [3.8, 4) is 0 Å². The van der Waals surface area contributed by atoms with Gasteiger partial charge >= 0.3 is 0 Å². The van der Waals surface area contributed by atoms with Crippen molar-refractivity contribution in [3.05, 3.63) is 34.9 Å². The number of nitrogens with two attached hydrogens (primary N) is 2. The maximum Gasteiger partial charge on any atom is 0.226 e. The number of hydroxylamine groups is 2. The molecule has 1 heterocycles. The molecule has 1 aliphatic rings. The van der Waals surface area contributed by atoms with Crippen molar-refractivity contribution in [2.24, 2.45) is 21.5 Å². The van der Waals surface area contributed by atoms with Gasteiger partial charge in [0.15, 0.2) is 5.66 Å². The molecule has 1 aromatic carbocycles. The average molecular weight is 419 g/mol. The van der Waals surface area contributed by atoms with Crippen molar-refractivity contribution in [1.29, 1.82) is 0 Å². The van der Waals surface area contributed by atoms with E-state index in [0.717, 1.165) is 17.9 Å². The fourth-order valence-corrected chi connectivity index (χ4v) is 2.77. The topological polar surface area (TPSA) is 89.2 Å². The van der Waals surface area contributed by atoms with Gasteiger partial charge in [0.25, 0.3) is 0 Å². The Kier molecular flexibility index (Phi) is 7.51. The summed E-state index contributed by atoms with van der Waals surface area (Å²) in [6.07, 6.45) is 1.88. The maximum atomic E-state index is 5.94. The molecule has 2 rings (SSSR count). The summed E-state index contributed by atoms with van der Waals surface area (Å²) in [6.45, 7) is 6.41. The summed E-state index contributed by atoms with van der Waals surface area (Å²) in [5.41, 5.74) is 12.1. The maximum absolute atomic E-state index is 5.94. The van der Waals surface area contributed by atoms with E-state index in [1.807, 2.05) is 26.0 Å². The molecule has 1 aliphatic heterocycles. The van der Waals surface area contributed by atoms with E-state index >= 15 is 0 Å². The van der Waals surface area contributed by atoms with Gasteiger partial charge in [0.05, 0.1) is 6.61 Å². The smallest absolute Gasteiger partial charge is 0.226 e. The normalized spacial score (nSPS) is 17.6. The van der Waals surface area contributed by atoms with Crippen LogP contribution in [0, 0.1) is 0 Å². The monoisotopic (exact) mass is 417 g/mol. The Bertz CT molecular complexity index is 603. The second-order valence-corrected chi connectivity index (χ2v) is 6.44. The van der Waals surface area contributed by atoms with Crippen LogP contribution < -0.4 is 11.5 Å². The van der Waals surface area contributed by atoms with Gasteiger partial charge in [-0.2, -0.15) is 10.1 Å². The highest BCUT2D eigenvalue weighted by Crippen LogP contribution is 2.26. The first-order valence-electron chi connectivity index (χ1n) is 7.71. The molecule has 134 valence electrons. The zero-order valence-electron chi connectivity index (χ0n) is 14.2. The predicted molar refractivity (Wildman–Crippen MR) is 105 cm³/mol.